The van der Waals surface area contributed by atoms with Gasteiger partial charge in [-0.05, 0) is 67.8 Å². The highest BCUT2D eigenvalue weighted by atomic mass is 32.1. The van der Waals surface area contributed by atoms with E-state index in [0.29, 0.717) is 29.1 Å². The summed E-state index contributed by atoms with van der Waals surface area (Å²) >= 11 is 1.05. The Morgan fingerprint density at radius 2 is 1.61 bits per heavy atom. The normalized spacial score (nSPS) is 10.7. The van der Waals surface area contributed by atoms with Gasteiger partial charge in [-0.15, -0.1) is 0 Å². The molecule has 0 fully saturated rings. The molecule has 1 heterocycles. The molecule has 3 rings (SSSR count). The van der Waals surface area contributed by atoms with Crippen LogP contribution in [0.1, 0.15) is 30.2 Å². The number of halogens is 1. The molecule has 0 spiro atoms. The first-order valence-electron chi connectivity index (χ1n) is 9.95. The molecule has 0 aliphatic heterocycles. The zero-order chi connectivity index (χ0) is 22.5. The van der Waals surface area contributed by atoms with E-state index in [0.717, 1.165) is 28.2 Å². The Bertz CT molecular complexity index is 1170. The maximum absolute atomic E-state index is 13.3. The van der Waals surface area contributed by atoms with Gasteiger partial charge < -0.3 is 10.6 Å². The molecular weight excluding hydrogens is 417 g/mol. The lowest BCUT2D eigenvalue weighted by Gasteiger charge is -2.14. The second-order valence-electron chi connectivity index (χ2n) is 7.19. The van der Waals surface area contributed by atoms with E-state index in [-0.39, 0.29) is 29.0 Å². The quantitative estimate of drug-likeness (QED) is 0.557. The molecular formula is C23H24FN3O3S. The Hall–Kier alpha value is -3.26. The Morgan fingerprint density at radius 3 is 2.23 bits per heavy atom. The van der Waals surface area contributed by atoms with Crippen molar-refractivity contribution in [1.82, 2.24) is 4.57 Å². The van der Waals surface area contributed by atoms with Crippen molar-refractivity contribution in [3.8, 4) is 11.3 Å². The predicted molar refractivity (Wildman–Crippen MR) is 122 cm³/mol. The van der Waals surface area contributed by atoms with Crippen LogP contribution in [0.5, 0.6) is 0 Å². The molecule has 0 aliphatic rings. The van der Waals surface area contributed by atoms with Gasteiger partial charge in [0.05, 0.1) is 5.69 Å². The molecule has 8 heteroatoms. The van der Waals surface area contributed by atoms with Gasteiger partial charge in [0.15, 0.2) is 0 Å². The van der Waals surface area contributed by atoms with Crippen LogP contribution in [-0.4, -0.2) is 16.4 Å². The second-order valence-corrected chi connectivity index (χ2v) is 8.36. The Kier molecular flexibility index (Phi) is 7.02. The highest BCUT2D eigenvalue weighted by Gasteiger charge is 2.17. The van der Waals surface area contributed by atoms with Gasteiger partial charge in [-0.2, -0.15) is 0 Å². The first-order chi connectivity index (χ1) is 14.8. The molecule has 3 aromatic rings. The third kappa shape index (κ3) is 5.27. The largest absolute Gasteiger partial charge is 0.326 e. The lowest BCUT2D eigenvalue weighted by molar-refractivity contribution is -0.117. The number of benzene rings is 2. The van der Waals surface area contributed by atoms with Crippen molar-refractivity contribution in [3.63, 3.8) is 0 Å². The monoisotopic (exact) mass is 441 g/mol. The van der Waals surface area contributed by atoms with Gasteiger partial charge in [0.1, 0.15) is 12.4 Å². The van der Waals surface area contributed by atoms with Crippen LogP contribution in [0, 0.1) is 19.7 Å². The van der Waals surface area contributed by atoms with Crippen LogP contribution in [0.3, 0.4) is 0 Å². The summed E-state index contributed by atoms with van der Waals surface area (Å²) in [7, 11) is 0. The van der Waals surface area contributed by atoms with Crippen LogP contribution < -0.4 is 15.5 Å². The number of rotatable bonds is 7. The number of aryl methyl sites for hydroxylation is 1. The molecule has 2 N–H and O–H groups in total. The minimum atomic E-state index is -0.372. The Morgan fingerprint density at radius 1 is 1.00 bits per heavy atom. The maximum Gasteiger partial charge on any atom is 0.308 e. The van der Waals surface area contributed by atoms with Crippen molar-refractivity contribution in [2.45, 2.75) is 40.2 Å². The van der Waals surface area contributed by atoms with Crippen molar-refractivity contribution < 1.29 is 14.0 Å². The molecule has 0 saturated carbocycles. The first kappa shape index (κ1) is 22.4. The number of carbonyl (C=O) groups is 2. The van der Waals surface area contributed by atoms with E-state index in [1.807, 2.05) is 13.8 Å². The molecule has 0 aliphatic carbocycles. The number of hydrogen-bond acceptors (Lipinski definition) is 4. The minimum Gasteiger partial charge on any atom is -0.326 e. The average molecular weight is 442 g/mol. The summed E-state index contributed by atoms with van der Waals surface area (Å²) in [6, 6.07) is 11.1. The number of thiazole rings is 1. The molecule has 0 bridgehead atoms. The van der Waals surface area contributed by atoms with Crippen LogP contribution >= 0.6 is 11.3 Å². The van der Waals surface area contributed by atoms with Crippen LogP contribution in [0.2, 0.25) is 0 Å². The van der Waals surface area contributed by atoms with Gasteiger partial charge >= 0.3 is 4.87 Å². The van der Waals surface area contributed by atoms with Crippen LogP contribution in [0.25, 0.3) is 11.3 Å². The van der Waals surface area contributed by atoms with Crippen molar-refractivity contribution in [3.05, 3.63) is 68.4 Å². The summed E-state index contributed by atoms with van der Waals surface area (Å²) in [5.41, 5.74) is 3.19. The summed E-state index contributed by atoms with van der Waals surface area (Å²) in [5, 5.41) is 5.67. The van der Waals surface area contributed by atoms with Gasteiger partial charge in [0, 0.05) is 22.7 Å². The van der Waals surface area contributed by atoms with E-state index in [9.17, 15) is 18.8 Å². The number of carbonyl (C=O) groups excluding carboxylic acids is 2. The fourth-order valence-corrected chi connectivity index (χ4v) is 4.16. The average Bonchev–Trinajstić information content (AvgIpc) is 2.99. The zero-order valence-electron chi connectivity index (χ0n) is 17.6. The fourth-order valence-electron chi connectivity index (χ4n) is 3.31. The van der Waals surface area contributed by atoms with E-state index in [1.54, 1.807) is 37.3 Å². The number of amides is 2. The van der Waals surface area contributed by atoms with Crippen LogP contribution in [-0.2, 0) is 16.1 Å². The number of anilines is 2. The molecule has 0 radical (unpaired) electrons. The third-order valence-electron chi connectivity index (χ3n) is 4.84. The number of nitrogens with one attached hydrogen (secondary N) is 2. The van der Waals surface area contributed by atoms with Crippen LogP contribution in [0.4, 0.5) is 15.8 Å². The van der Waals surface area contributed by atoms with Crippen molar-refractivity contribution >= 4 is 34.5 Å². The van der Waals surface area contributed by atoms with Gasteiger partial charge in [-0.3, -0.25) is 19.0 Å². The second kappa shape index (κ2) is 9.70. The van der Waals surface area contributed by atoms with E-state index in [1.165, 1.54) is 16.7 Å². The van der Waals surface area contributed by atoms with Gasteiger partial charge in [-0.25, -0.2) is 4.39 Å². The molecule has 2 amide bonds. The highest BCUT2D eigenvalue weighted by Crippen LogP contribution is 2.26. The number of aromatic nitrogens is 1. The van der Waals surface area contributed by atoms with Gasteiger partial charge in [0.25, 0.3) is 0 Å². The van der Waals surface area contributed by atoms with Gasteiger partial charge in [-0.1, -0.05) is 24.3 Å². The maximum atomic E-state index is 13.3. The molecule has 1 aromatic heterocycles. The molecule has 162 valence electrons. The van der Waals surface area contributed by atoms with Crippen molar-refractivity contribution in [2.24, 2.45) is 0 Å². The zero-order valence-corrected chi connectivity index (χ0v) is 18.4. The lowest BCUT2D eigenvalue weighted by atomic mass is 10.1. The highest BCUT2D eigenvalue weighted by molar-refractivity contribution is 7.09. The number of hydrogen-bond donors (Lipinski definition) is 2. The topological polar surface area (TPSA) is 80.2 Å². The van der Waals surface area contributed by atoms with Crippen molar-refractivity contribution in [1.29, 1.82) is 0 Å². The SMILES string of the molecule is CCCC(=O)Nc1cccc(NC(=O)Cn2c(-c3ccc(F)cc3)c(C)sc2=O)c1C. The molecule has 2 aromatic carbocycles. The smallest absolute Gasteiger partial charge is 0.308 e. The van der Waals surface area contributed by atoms with Crippen LogP contribution in [0.15, 0.2) is 47.3 Å². The molecule has 0 unspecified atom stereocenters. The van der Waals surface area contributed by atoms with Gasteiger partial charge in [0.2, 0.25) is 11.8 Å². The Balaban J connectivity index is 1.82. The number of nitrogens with zero attached hydrogens (tertiary/aromatic N) is 1. The molecule has 0 atom stereocenters. The third-order valence-corrected chi connectivity index (χ3v) is 5.74. The molecule has 0 saturated heterocycles. The Labute approximate surface area is 183 Å². The summed E-state index contributed by atoms with van der Waals surface area (Å²) in [6.07, 6.45) is 1.16. The van der Waals surface area contributed by atoms with E-state index < -0.39 is 0 Å². The predicted octanol–water partition coefficient (Wildman–Crippen LogP) is 4.71. The first-order valence-corrected chi connectivity index (χ1v) is 10.8. The van der Waals surface area contributed by atoms with E-state index >= 15 is 0 Å². The lowest BCUT2D eigenvalue weighted by Crippen LogP contribution is -2.25. The van der Waals surface area contributed by atoms with E-state index in [2.05, 4.69) is 10.6 Å². The summed E-state index contributed by atoms with van der Waals surface area (Å²) < 4.78 is 14.7. The summed E-state index contributed by atoms with van der Waals surface area (Å²) in [5.74, 6) is -0.827. The molecule has 31 heavy (non-hydrogen) atoms. The standard InChI is InChI=1S/C23H24FN3O3S/c1-4-6-20(28)25-18-7-5-8-19(14(18)2)26-21(29)13-27-22(15(3)31-23(27)30)16-9-11-17(24)12-10-16/h5,7-12H,4,6,13H2,1-3H3,(H,25,28)(H,26,29). The summed E-state index contributed by atoms with van der Waals surface area (Å²) in [4.78, 5) is 37.6. The van der Waals surface area contributed by atoms with E-state index in [4.69, 9.17) is 0 Å². The fraction of sp³-hybridized carbons (Fsp3) is 0.261. The molecule has 6 nitrogen and oxygen atoms in total. The summed E-state index contributed by atoms with van der Waals surface area (Å²) in [6.45, 7) is 5.35. The van der Waals surface area contributed by atoms with Crippen molar-refractivity contribution in [2.75, 3.05) is 10.6 Å². The minimum absolute atomic E-state index is 0.0849.